The zero-order valence-corrected chi connectivity index (χ0v) is 14.1. The van der Waals surface area contributed by atoms with Crippen LogP contribution in [0.4, 0.5) is 0 Å². The summed E-state index contributed by atoms with van der Waals surface area (Å²) in [7, 11) is 1.36. The van der Waals surface area contributed by atoms with E-state index in [9.17, 15) is 9.59 Å². The topological polar surface area (TPSA) is 46.6 Å². The quantitative estimate of drug-likeness (QED) is 0.598. The van der Waals surface area contributed by atoms with Crippen molar-refractivity contribution in [2.75, 3.05) is 12.9 Å². The predicted molar refractivity (Wildman–Crippen MR) is 85.6 cm³/mol. The molecule has 21 heavy (non-hydrogen) atoms. The SMILES string of the molecule is COC(=O)c1ccccc1SCC(=O)N(C(C)C)C(C)C. The number of amides is 1. The van der Waals surface area contributed by atoms with Gasteiger partial charge in [-0.25, -0.2) is 4.79 Å². The fourth-order valence-electron chi connectivity index (χ4n) is 2.26. The fourth-order valence-corrected chi connectivity index (χ4v) is 3.17. The Bertz CT molecular complexity index is 492. The average Bonchev–Trinajstić information content (AvgIpc) is 2.43. The lowest BCUT2D eigenvalue weighted by Gasteiger charge is -2.30. The first-order chi connectivity index (χ1) is 9.88. The Morgan fingerprint density at radius 3 is 2.24 bits per heavy atom. The van der Waals surface area contributed by atoms with Gasteiger partial charge in [0, 0.05) is 17.0 Å². The fraction of sp³-hybridized carbons (Fsp3) is 0.500. The number of nitrogens with zero attached hydrogens (tertiary/aromatic N) is 1. The minimum atomic E-state index is -0.380. The van der Waals surface area contributed by atoms with E-state index in [0.29, 0.717) is 11.3 Å². The van der Waals surface area contributed by atoms with Crippen LogP contribution < -0.4 is 0 Å². The minimum Gasteiger partial charge on any atom is -0.465 e. The lowest BCUT2D eigenvalue weighted by molar-refractivity contribution is -0.131. The van der Waals surface area contributed by atoms with Crippen molar-refractivity contribution >= 4 is 23.6 Å². The minimum absolute atomic E-state index is 0.0738. The lowest BCUT2D eigenvalue weighted by atomic mass is 10.2. The molecule has 1 amide bonds. The first-order valence-corrected chi connectivity index (χ1v) is 7.98. The van der Waals surface area contributed by atoms with Crippen molar-refractivity contribution in [3.05, 3.63) is 29.8 Å². The first-order valence-electron chi connectivity index (χ1n) is 6.99. The molecule has 116 valence electrons. The Labute approximate surface area is 130 Å². The van der Waals surface area contributed by atoms with Crippen molar-refractivity contribution in [3.8, 4) is 0 Å². The van der Waals surface area contributed by atoms with Crippen molar-refractivity contribution in [2.45, 2.75) is 44.7 Å². The smallest absolute Gasteiger partial charge is 0.338 e. The van der Waals surface area contributed by atoms with Crippen LogP contribution in [0, 0.1) is 0 Å². The standard InChI is InChI=1S/C16H23NO3S/c1-11(2)17(12(3)4)15(18)10-21-14-9-7-6-8-13(14)16(19)20-5/h6-9,11-12H,10H2,1-5H3. The summed E-state index contributed by atoms with van der Waals surface area (Å²) in [5.74, 6) is 0.00414. The molecule has 1 aromatic carbocycles. The molecule has 0 aliphatic rings. The molecule has 0 N–H and O–H groups in total. The van der Waals surface area contributed by atoms with Crippen LogP contribution in [-0.2, 0) is 9.53 Å². The summed E-state index contributed by atoms with van der Waals surface area (Å²) in [6.07, 6.45) is 0. The van der Waals surface area contributed by atoms with Gasteiger partial charge in [-0.1, -0.05) is 12.1 Å². The molecular formula is C16H23NO3S. The maximum atomic E-state index is 12.3. The van der Waals surface area contributed by atoms with Crippen molar-refractivity contribution < 1.29 is 14.3 Å². The van der Waals surface area contributed by atoms with Crippen molar-refractivity contribution in [1.82, 2.24) is 4.90 Å². The molecule has 0 bridgehead atoms. The highest BCUT2D eigenvalue weighted by Gasteiger charge is 2.21. The van der Waals surface area contributed by atoms with E-state index in [0.717, 1.165) is 4.90 Å². The van der Waals surface area contributed by atoms with Gasteiger partial charge < -0.3 is 9.64 Å². The Morgan fingerprint density at radius 2 is 1.71 bits per heavy atom. The number of thioether (sulfide) groups is 1. The van der Waals surface area contributed by atoms with Crippen LogP contribution in [0.1, 0.15) is 38.1 Å². The van der Waals surface area contributed by atoms with Crippen LogP contribution in [0.3, 0.4) is 0 Å². The molecular weight excluding hydrogens is 286 g/mol. The molecule has 1 rings (SSSR count). The number of carbonyl (C=O) groups is 2. The molecule has 0 saturated heterocycles. The molecule has 0 fully saturated rings. The summed E-state index contributed by atoms with van der Waals surface area (Å²) in [5, 5.41) is 0. The van der Waals surface area contributed by atoms with E-state index in [2.05, 4.69) is 0 Å². The third-order valence-electron chi connectivity index (χ3n) is 3.04. The molecule has 4 nitrogen and oxygen atoms in total. The van der Waals surface area contributed by atoms with E-state index >= 15 is 0 Å². The molecule has 1 aromatic rings. The van der Waals surface area contributed by atoms with E-state index in [-0.39, 0.29) is 24.0 Å². The highest BCUT2D eigenvalue weighted by Crippen LogP contribution is 2.24. The molecule has 0 unspecified atom stereocenters. The maximum Gasteiger partial charge on any atom is 0.338 e. The number of carbonyl (C=O) groups excluding carboxylic acids is 2. The molecule has 0 radical (unpaired) electrons. The first kappa shape index (κ1) is 17.6. The molecule has 0 aliphatic carbocycles. The van der Waals surface area contributed by atoms with E-state index in [1.54, 1.807) is 12.1 Å². The Morgan fingerprint density at radius 1 is 1.14 bits per heavy atom. The third-order valence-corrected chi connectivity index (χ3v) is 4.10. The van der Waals surface area contributed by atoms with Crippen molar-refractivity contribution in [1.29, 1.82) is 0 Å². The molecule has 0 heterocycles. The van der Waals surface area contributed by atoms with Crippen LogP contribution in [0.25, 0.3) is 0 Å². The summed E-state index contributed by atoms with van der Waals surface area (Å²) in [5.41, 5.74) is 0.499. The van der Waals surface area contributed by atoms with Gasteiger partial charge in [0.05, 0.1) is 18.4 Å². The van der Waals surface area contributed by atoms with Gasteiger partial charge in [0.2, 0.25) is 5.91 Å². The molecule has 0 aliphatic heterocycles. The second kappa shape index (κ2) is 8.08. The number of methoxy groups -OCH3 is 1. The number of benzene rings is 1. The zero-order valence-electron chi connectivity index (χ0n) is 13.3. The molecule has 0 aromatic heterocycles. The van der Waals surface area contributed by atoms with Crippen molar-refractivity contribution in [3.63, 3.8) is 0 Å². The molecule has 5 heteroatoms. The van der Waals surface area contributed by atoms with Crippen LogP contribution >= 0.6 is 11.8 Å². The summed E-state index contributed by atoms with van der Waals surface area (Å²) in [6, 6.07) is 7.50. The second-order valence-electron chi connectivity index (χ2n) is 5.26. The van der Waals surface area contributed by atoms with E-state index < -0.39 is 0 Å². The van der Waals surface area contributed by atoms with Gasteiger partial charge in [-0.2, -0.15) is 0 Å². The Balaban J connectivity index is 2.80. The highest BCUT2D eigenvalue weighted by molar-refractivity contribution is 8.00. The summed E-state index contributed by atoms with van der Waals surface area (Å²) >= 11 is 1.37. The highest BCUT2D eigenvalue weighted by atomic mass is 32.2. The monoisotopic (exact) mass is 309 g/mol. The van der Waals surface area contributed by atoms with Crippen molar-refractivity contribution in [2.24, 2.45) is 0 Å². The van der Waals surface area contributed by atoms with Gasteiger partial charge in [0.1, 0.15) is 0 Å². The Hall–Kier alpha value is -1.49. The van der Waals surface area contributed by atoms with E-state index in [4.69, 9.17) is 4.74 Å². The van der Waals surface area contributed by atoms with Gasteiger partial charge >= 0.3 is 5.97 Å². The maximum absolute atomic E-state index is 12.3. The Kier molecular flexibility index (Phi) is 6.75. The van der Waals surface area contributed by atoms with Crippen LogP contribution in [0.5, 0.6) is 0 Å². The lowest BCUT2D eigenvalue weighted by Crippen LogP contribution is -2.43. The zero-order chi connectivity index (χ0) is 16.0. The van der Waals surface area contributed by atoms with Gasteiger partial charge in [-0.05, 0) is 39.8 Å². The summed E-state index contributed by atoms with van der Waals surface area (Å²) < 4.78 is 4.76. The third kappa shape index (κ3) is 4.77. The van der Waals surface area contributed by atoms with Gasteiger partial charge in [-0.15, -0.1) is 11.8 Å². The van der Waals surface area contributed by atoms with E-state index in [1.165, 1.54) is 18.9 Å². The second-order valence-corrected chi connectivity index (χ2v) is 6.28. The van der Waals surface area contributed by atoms with Gasteiger partial charge in [0.25, 0.3) is 0 Å². The van der Waals surface area contributed by atoms with Gasteiger partial charge in [0.15, 0.2) is 0 Å². The predicted octanol–water partition coefficient (Wildman–Crippen LogP) is 3.21. The number of rotatable bonds is 6. The number of esters is 1. The molecule has 0 spiro atoms. The summed E-state index contributed by atoms with van der Waals surface area (Å²) in [4.78, 5) is 26.7. The summed E-state index contributed by atoms with van der Waals surface area (Å²) in [6.45, 7) is 8.02. The number of hydrogen-bond donors (Lipinski definition) is 0. The normalized spacial score (nSPS) is 10.8. The van der Waals surface area contributed by atoms with Crippen LogP contribution in [0.2, 0.25) is 0 Å². The number of hydrogen-bond acceptors (Lipinski definition) is 4. The molecule has 0 atom stereocenters. The van der Waals surface area contributed by atoms with Gasteiger partial charge in [-0.3, -0.25) is 4.79 Å². The largest absolute Gasteiger partial charge is 0.465 e. The van der Waals surface area contributed by atoms with Crippen LogP contribution in [-0.4, -0.2) is 41.7 Å². The molecule has 0 saturated carbocycles. The average molecular weight is 309 g/mol. The number of ether oxygens (including phenoxy) is 1. The van der Waals surface area contributed by atoms with E-state index in [1.807, 2.05) is 44.7 Å². The van der Waals surface area contributed by atoms with Crippen LogP contribution in [0.15, 0.2) is 29.2 Å².